The van der Waals surface area contributed by atoms with E-state index in [0.29, 0.717) is 36.6 Å². The van der Waals surface area contributed by atoms with Gasteiger partial charge in [-0.1, -0.05) is 23.8 Å². The molecule has 0 aromatic heterocycles. The number of hydrogen-bond donors (Lipinski definition) is 0. The van der Waals surface area contributed by atoms with Crippen molar-refractivity contribution in [2.24, 2.45) is 5.92 Å². The van der Waals surface area contributed by atoms with Crippen LogP contribution in [0.5, 0.6) is 5.75 Å². The van der Waals surface area contributed by atoms with Gasteiger partial charge in [0.05, 0.1) is 12.0 Å². The number of nitrogens with zero attached hydrogens (tertiary/aromatic N) is 2. The summed E-state index contributed by atoms with van der Waals surface area (Å²) < 4.78 is 33.3. The molecule has 0 radical (unpaired) electrons. The van der Waals surface area contributed by atoms with E-state index in [4.69, 9.17) is 4.74 Å². The zero-order valence-electron chi connectivity index (χ0n) is 18.3. The predicted octanol–water partition coefficient (Wildman–Crippen LogP) is 3.68. The first kappa shape index (κ1) is 22.3. The quantitative estimate of drug-likeness (QED) is 0.726. The van der Waals surface area contributed by atoms with Crippen LogP contribution in [0.4, 0.5) is 5.69 Å². The van der Waals surface area contributed by atoms with Crippen LogP contribution in [0.3, 0.4) is 0 Å². The number of carbonyl (C=O) groups excluding carboxylic acids is 1. The minimum Gasteiger partial charge on any atom is -0.497 e. The lowest BCUT2D eigenvalue weighted by molar-refractivity contribution is -0.123. The van der Waals surface area contributed by atoms with Gasteiger partial charge in [-0.25, -0.2) is 8.42 Å². The van der Waals surface area contributed by atoms with Crippen molar-refractivity contribution >= 4 is 21.6 Å². The molecule has 1 amide bonds. The second-order valence-electron chi connectivity index (χ2n) is 8.00. The van der Waals surface area contributed by atoms with Crippen LogP contribution in [0, 0.1) is 26.7 Å². The Hall–Kier alpha value is -2.38. The Morgan fingerprint density at radius 2 is 1.67 bits per heavy atom. The monoisotopic (exact) mass is 430 g/mol. The van der Waals surface area contributed by atoms with Crippen molar-refractivity contribution in [3.05, 3.63) is 53.1 Å². The molecule has 0 saturated carbocycles. The van der Waals surface area contributed by atoms with E-state index in [9.17, 15) is 13.2 Å². The van der Waals surface area contributed by atoms with E-state index in [1.807, 2.05) is 57.2 Å². The van der Waals surface area contributed by atoms with Gasteiger partial charge in [0.25, 0.3) is 0 Å². The highest BCUT2D eigenvalue weighted by Gasteiger charge is 2.34. The standard InChI is InChI=1S/C23H30N2O4S/c1-16-13-17(2)22(18(3)14-16)30(27,28)25-11-9-19(10-12-25)23(26)24(4)20-7-6-8-21(15-20)29-5/h6-8,13-15,19H,9-12H2,1-5H3. The molecule has 1 fully saturated rings. The highest BCUT2D eigenvalue weighted by Crippen LogP contribution is 2.30. The maximum atomic E-state index is 13.3. The van der Waals surface area contributed by atoms with Crippen molar-refractivity contribution in [2.75, 3.05) is 32.1 Å². The van der Waals surface area contributed by atoms with Crippen LogP contribution >= 0.6 is 0 Å². The number of hydrogen-bond acceptors (Lipinski definition) is 4. The second kappa shape index (κ2) is 8.78. The minimum atomic E-state index is -3.58. The van der Waals surface area contributed by atoms with Crippen molar-refractivity contribution in [2.45, 2.75) is 38.5 Å². The molecule has 6 nitrogen and oxygen atoms in total. The number of rotatable bonds is 5. The number of methoxy groups -OCH3 is 1. The average molecular weight is 431 g/mol. The first-order valence-electron chi connectivity index (χ1n) is 10.1. The first-order chi connectivity index (χ1) is 14.1. The zero-order valence-corrected chi connectivity index (χ0v) is 19.1. The van der Waals surface area contributed by atoms with Gasteiger partial charge in [-0.2, -0.15) is 4.31 Å². The number of anilines is 1. The van der Waals surface area contributed by atoms with Crippen LogP contribution in [0.25, 0.3) is 0 Å². The summed E-state index contributed by atoms with van der Waals surface area (Å²) in [7, 11) is -0.238. The highest BCUT2D eigenvalue weighted by molar-refractivity contribution is 7.89. The van der Waals surface area contributed by atoms with Gasteiger partial charge in [0.1, 0.15) is 5.75 Å². The summed E-state index contributed by atoms with van der Waals surface area (Å²) in [4.78, 5) is 15.0. The van der Waals surface area contributed by atoms with Crippen LogP contribution in [0.1, 0.15) is 29.5 Å². The predicted molar refractivity (Wildman–Crippen MR) is 119 cm³/mol. The number of ether oxygens (including phenoxy) is 1. The first-order valence-corrected chi connectivity index (χ1v) is 11.6. The van der Waals surface area contributed by atoms with Crippen LogP contribution in [-0.2, 0) is 14.8 Å². The molecule has 0 unspecified atom stereocenters. The average Bonchev–Trinajstić information content (AvgIpc) is 2.71. The van der Waals surface area contributed by atoms with Gasteiger partial charge < -0.3 is 9.64 Å². The summed E-state index contributed by atoms with van der Waals surface area (Å²) in [6.45, 7) is 6.33. The Balaban J connectivity index is 1.72. The van der Waals surface area contributed by atoms with Gasteiger partial charge in [-0.3, -0.25) is 4.79 Å². The third-order valence-electron chi connectivity index (χ3n) is 5.78. The minimum absolute atomic E-state index is 0.00278. The molecule has 0 bridgehead atoms. The summed E-state index contributed by atoms with van der Waals surface area (Å²) in [5.74, 6) is 0.493. The molecular weight excluding hydrogens is 400 g/mol. The van der Waals surface area contributed by atoms with Crippen molar-refractivity contribution in [1.29, 1.82) is 0 Å². The molecule has 3 rings (SSSR count). The van der Waals surface area contributed by atoms with Crippen LogP contribution < -0.4 is 9.64 Å². The van der Waals surface area contributed by atoms with E-state index < -0.39 is 10.0 Å². The molecule has 0 N–H and O–H groups in total. The fraction of sp³-hybridized carbons (Fsp3) is 0.435. The van der Waals surface area contributed by atoms with Crippen LogP contribution in [0.15, 0.2) is 41.3 Å². The van der Waals surface area contributed by atoms with Gasteiger partial charge in [-0.05, 0) is 56.9 Å². The maximum Gasteiger partial charge on any atom is 0.243 e. The Bertz CT molecular complexity index is 1020. The van der Waals surface area contributed by atoms with E-state index in [-0.39, 0.29) is 11.8 Å². The maximum absolute atomic E-state index is 13.3. The fourth-order valence-electron chi connectivity index (χ4n) is 4.27. The van der Waals surface area contributed by atoms with Crippen molar-refractivity contribution in [3.8, 4) is 5.75 Å². The van der Waals surface area contributed by atoms with E-state index >= 15 is 0 Å². The van der Waals surface area contributed by atoms with E-state index in [1.54, 1.807) is 19.1 Å². The summed E-state index contributed by atoms with van der Waals surface area (Å²) in [6.07, 6.45) is 1.02. The van der Waals surface area contributed by atoms with Crippen LogP contribution in [-0.4, -0.2) is 45.9 Å². The molecule has 1 aliphatic rings. The summed E-state index contributed by atoms with van der Waals surface area (Å²) >= 11 is 0. The summed E-state index contributed by atoms with van der Waals surface area (Å²) in [5.41, 5.74) is 3.35. The molecule has 162 valence electrons. The van der Waals surface area contributed by atoms with Gasteiger partial charge in [-0.15, -0.1) is 0 Å². The van der Waals surface area contributed by atoms with Crippen LogP contribution in [0.2, 0.25) is 0 Å². The smallest absolute Gasteiger partial charge is 0.243 e. The largest absolute Gasteiger partial charge is 0.497 e. The number of aryl methyl sites for hydroxylation is 3. The molecule has 0 spiro atoms. The molecule has 7 heteroatoms. The van der Waals surface area contributed by atoms with Gasteiger partial charge in [0.2, 0.25) is 15.9 Å². The molecule has 1 aliphatic heterocycles. The molecule has 1 heterocycles. The number of sulfonamides is 1. The second-order valence-corrected chi connectivity index (χ2v) is 9.88. The number of benzene rings is 2. The third kappa shape index (κ3) is 4.37. The molecule has 0 aliphatic carbocycles. The Morgan fingerprint density at radius 3 is 2.23 bits per heavy atom. The molecule has 30 heavy (non-hydrogen) atoms. The molecule has 0 atom stereocenters. The SMILES string of the molecule is COc1cccc(N(C)C(=O)C2CCN(S(=O)(=O)c3c(C)cc(C)cc3C)CC2)c1. The molecule has 2 aromatic rings. The number of amides is 1. The lowest BCUT2D eigenvalue weighted by atomic mass is 9.96. The van der Waals surface area contributed by atoms with Gasteiger partial charge >= 0.3 is 0 Å². The lowest BCUT2D eigenvalue weighted by Gasteiger charge is -2.33. The third-order valence-corrected chi connectivity index (χ3v) is 7.98. The number of piperidine rings is 1. The zero-order chi connectivity index (χ0) is 22.1. The lowest BCUT2D eigenvalue weighted by Crippen LogP contribution is -2.43. The normalized spacial score (nSPS) is 15.8. The molecule has 1 saturated heterocycles. The Morgan fingerprint density at radius 1 is 1.07 bits per heavy atom. The van der Waals surface area contributed by atoms with E-state index in [0.717, 1.165) is 22.4 Å². The fourth-order valence-corrected chi connectivity index (χ4v) is 6.15. The van der Waals surface area contributed by atoms with Crippen molar-refractivity contribution in [3.63, 3.8) is 0 Å². The summed E-state index contributed by atoms with van der Waals surface area (Å²) in [6, 6.07) is 11.2. The topological polar surface area (TPSA) is 66.9 Å². The Labute approximate surface area is 179 Å². The van der Waals surface area contributed by atoms with Gasteiger partial charge in [0, 0.05) is 37.8 Å². The van der Waals surface area contributed by atoms with Gasteiger partial charge in [0.15, 0.2) is 0 Å². The van der Waals surface area contributed by atoms with E-state index in [2.05, 4.69) is 0 Å². The Kier molecular flexibility index (Phi) is 6.53. The van der Waals surface area contributed by atoms with E-state index in [1.165, 1.54) is 4.31 Å². The summed E-state index contributed by atoms with van der Waals surface area (Å²) in [5, 5.41) is 0. The highest BCUT2D eigenvalue weighted by atomic mass is 32.2. The van der Waals surface area contributed by atoms with Crippen molar-refractivity contribution < 1.29 is 17.9 Å². The number of carbonyl (C=O) groups is 1. The molecular formula is C23H30N2O4S. The van der Waals surface area contributed by atoms with Crippen molar-refractivity contribution in [1.82, 2.24) is 4.31 Å². The molecule has 2 aromatic carbocycles.